The number of hydrogen-bond donors (Lipinski definition) is 1. The third-order valence-corrected chi connectivity index (χ3v) is 3.38. The van der Waals surface area contributed by atoms with Crippen LogP contribution in [0.15, 0.2) is 36.4 Å². The molecule has 7 heteroatoms. The van der Waals surface area contributed by atoms with Gasteiger partial charge >= 0.3 is 0 Å². The molecule has 0 heterocycles. The van der Waals surface area contributed by atoms with Crippen LogP contribution in [0.25, 0.3) is 0 Å². The largest absolute Gasteiger partial charge is 0.454 e. The van der Waals surface area contributed by atoms with Gasteiger partial charge in [0.1, 0.15) is 5.75 Å². The molecule has 1 unspecified atom stereocenters. The van der Waals surface area contributed by atoms with E-state index < -0.39 is 4.92 Å². The van der Waals surface area contributed by atoms with E-state index in [4.69, 9.17) is 33.7 Å². The van der Waals surface area contributed by atoms with Gasteiger partial charge in [-0.1, -0.05) is 35.3 Å². The van der Waals surface area contributed by atoms with Crippen molar-refractivity contribution < 1.29 is 9.66 Å². The summed E-state index contributed by atoms with van der Waals surface area (Å²) in [7, 11) is 0. The normalized spacial score (nSPS) is 12.0. The van der Waals surface area contributed by atoms with Crippen molar-refractivity contribution in [3.8, 4) is 11.5 Å². The first-order valence-electron chi connectivity index (χ1n) is 6.05. The standard InChI is InChI=1S/C14H12Cl2N2O3/c1-8(17)9-2-4-11(5-3-9)21-14-12(15)6-10(18(19)20)7-13(14)16/h2-8H,17H2,1H3. The fraction of sp³-hybridized carbons (Fsp3) is 0.143. The van der Waals surface area contributed by atoms with Crippen LogP contribution in [0.4, 0.5) is 5.69 Å². The average molecular weight is 327 g/mol. The molecule has 2 N–H and O–H groups in total. The first-order valence-corrected chi connectivity index (χ1v) is 6.81. The van der Waals surface area contributed by atoms with E-state index in [1.54, 1.807) is 12.1 Å². The van der Waals surface area contributed by atoms with Gasteiger partial charge < -0.3 is 10.5 Å². The summed E-state index contributed by atoms with van der Waals surface area (Å²) in [4.78, 5) is 10.1. The van der Waals surface area contributed by atoms with Gasteiger partial charge in [-0.05, 0) is 24.6 Å². The Kier molecular flexibility index (Phi) is 4.67. The highest BCUT2D eigenvalue weighted by molar-refractivity contribution is 6.37. The Hall–Kier alpha value is -1.82. The number of non-ortho nitro benzene ring substituents is 1. The van der Waals surface area contributed by atoms with E-state index in [9.17, 15) is 10.1 Å². The molecule has 5 nitrogen and oxygen atoms in total. The molecule has 2 aromatic rings. The molecule has 2 rings (SSSR count). The monoisotopic (exact) mass is 326 g/mol. The minimum absolute atomic E-state index is 0.0745. The highest BCUT2D eigenvalue weighted by Gasteiger charge is 2.16. The molecule has 21 heavy (non-hydrogen) atoms. The van der Waals surface area contributed by atoms with E-state index >= 15 is 0 Å². The second-order valence-corrected chi connectivity index (χ2v) is 5.27. The Balaban J connectivity index is 2.29. The Labute approximate surface area is 131 Å². The summed E-state index contributed by atoms with van der Waals surface area (Å²) in [6, 6.07) is 9.42. The zero-order chi connectivity index (χ0) is 15.6. The van der Waals surface area contributed by atoms with Crippen molar-refractivity contribution in [1.82, 2.24) is 0 Å². The zero-order valence-electron chi connectivity index (χ0n) is 11.0. The SMILES string of the molecule is CC(N)c1ccc(Oc2c(Cl)cc([N+](=O)[O-])cc2Cl)cc1. The summed E-state index contributed by atoms with van der Waals surface area (Å²) in [5.41, 5.74) is 6.53. The van der Waals surface area contributed by atoms with E-state index in [2.05, 4.69) is 0 Å². The maximum atomic E-state index is 10.7. The molecule has 0 aliphatic carbocycles. The van der Waals surface area contributed by atoms with Gasteiger partial charge in [0.05, 0.1) is 15.0 Å². The lowest BCUT2D eigenvalue weighted by Gasteiger charge is -2.11. The van der Waals surface area contributed by atoms with Crippen molar-refractivity contribution in [2.75, 3.05) is 0 Å². The number of nitro benzene ring substituents is 1. The number of rotatable bonds is 4. The van der Waals surface area contributed by atoms with Crippen LogP contribution in [0.5, 0.6) is 11.5 Å². The van der Waals surface area contributed by atoms with Crippen LogP contribution in [-0.2, 0) is 0 Å². The van der Waals surface area contributed by atoms with Gasteiger partial charge in [-0.25, -0.2) is 0 Å². The van der Waals surface area contributed by atoms with Gasteiger partial charge in [-0.2, -0.15) is 0 Å². The number of hydrogen-bond acceptors (Lipinski definition) is 4. The van der Waals surface area contributed by atoms with Gasteiger partial charge in [-0.3, -0.25) is 10.1 Å². The summed E-state index contributed by atoms with van der Waals surface area (Å²) >= 11 is 12.0. The molecule has 0 radical (unpaired) electrons. The van der Waals surface area contributed by atoms with Crippen molar-refractivity contribution in [1.29, 1.82) is 0 Å². The lowest BCUT2D eigenvalue weighted by Crippen LogP contribution is -2.04. The Morgan fingerprint density at radius 2 is 1.71 bits per heavy atom. The van der Waals surface area contributed by atoms with E-state index in [0.717, 1.165) is 5.56 Å². The molecule has 0 aromatic heterocycles. The van der Waals surface area contributed by atoms with Crippen molar-refractivity contribution in [3.05, 3.63) is 62.1 Å². The summed E-state index contributed by atoms with van der Waals surface area (Å²) in [5.74, 6) is 0.689. The summed E-state index contributed by atoms with van der Waals surface area (Å²) in [6.07, 6.45) is 0. The van der Waals surface area contributed by atoms with Gasteiger partial charge in [0.15, 0.2) is 5.75 Å². The molecular formula is C14H12Cl2N2O3. The quantitative estimate of drug-likeness (QED) is 0.651. The lowest BCUT2D eigenvalue weighted by atomic mass is 10.1. The number of benzene rings is 2. The minimum Gasteiger partial charge on any atom is -0.454 e. The Morgan fingerprint density at radius 3 is 2.14 bits per heavy atom. The second-order valence-electron chi connectivity index (χ2n) is 4.46. The molecule has 0 aliphatic heterocycles. The maximum absolute atomic E-state index is 10.7. The van der Waals surface area contributed by atoms with Gasteiger partial charge in [0, 0.05) is 18.2 Å². The number of halogens is 2. The molecule has 0 saturated carbocycles. The van der Waals surface area contributed by atoms with Gasteiger partial charge in [0.25, 0.3) is 5.69 Å². The van der Waals surface area contributed by atoms with Crippen LogP contribution in [-0.4, -0.2) is 4.92 Å². The molecule has 0 amide bonds. The zero-order valence-corrected chi connectivity index (χ0v) is 12.6. The number of nitro groups is 1. The summed E-state index contributed by atoms with van der Waals surface area (Å²) in [6.45, 7) is 1.87. The summed E-state index contributed by atoms with van der Waals surface area (Å²) < 4.78 is 5.58. The predicted octanol–water partition coefficient (Wildman–Crippen LogP) is 4.71. The molecule has 0 bridgehead atoms. The topological polar surface area (TPSA) is 78.4 Å². The third-order valence-electron chi connectivity index (χ3n) is 2.82. The molecule has 110 valence electrons. The second kappa shape index (κ2) is 6.30. The average Bonchev–Trinajstić information content (AvgIpc) is 2.43. The highest BCUT2D eigenvalue weighted by atomic mass is 35.5. The third kappa shape index (κ3) is 3.64. The number of nitrogens with two attached hydrogens (primary N) is 1. The highest BCUT2D eigenvalue weighted by Crippen LogP contribution is 2.39. The van der Waals surface area contributed by atoms with E-state index in [-0.39, 0.29) is 27.5 Å². The molecular weight excluding hydrogens is 315 g/mol. The van der Waals surface area contributed by atoms with Crippen LogP contribution < -0.4 is 10.5 Å². The molecule has 1 atom stereocenters. The van der Waals surface area contributed by atoms with Crippen LogP contribution in [0.1, 0.15) is 18.5 Å². The van der Waals surface area contributed by atoms with Crippen LogP contribution >= 0.6 is 23.2 Å². The van der Waals surface area contributed by atoms with Crippen molar-refractivity contribution >= 4 is 28.9 Å². The number of ether oxygens (including phenoxy) is 1. The van der Waals surface area contributed by atoms with Crippen LogP contribution in [0.2, 0.25) is 10.0 Å². The number of nitrogens with zero attached hydrogens (tertiary/aromatic N) is 1. The van der Waals surface area contributed by atoms with Crippen molar-refractivity contribution in [2.45, 2.75) is 13.0 Å². The van der Waals surface area contributed by atoms with E-state index in [0.29, 0.717) is 5.75 Å². The van der Waals surface area contributed by atoms with E-state index in [1.165, 1.54) is 12.1 Å². The molecule has 2 aromatic carbocycles. The molecule has 0 spiro atoms. The van der Waals surface area contributed by atoms with Gasteiger partial charge in [0.2, 0.25) is 0 Å². The van der Waals surface area contributed by atoms with Gasteiger partial charge in [-0.15, -0.1) is 0 Å². The molecule has 0 aliphatic rings. The first-order chi connectivity index (χ1) is 9.88. The van der Waals surface area contributed by atoms with Crippen molar-refractivity contribution in [2.24, 2.45) is 5.73 Å². The summed E-state index contributed by atoms with van der Waals surface area (Å²) in [5, 5.41) is 10.9. The minimum atomic E-state index is -0.570. The van der Waals surface area contributed by atoms with Crippen LogP contribution in [0, 0.1) is 10.1 Å². The molecule has 0 fully saturated rings. The van der Waals surface area contributed by atoms with Crippen molar-refractivity contribution in [3.63, 3.8) is 0 Å². The maximum Gasteiger partial charge on any atom is 0.272 e. The lowest BCUT2D eigenvalue weighted by molar-refractivity contribution is -0.384. The predicted molar refractivity (Wildman–Crippen MR) is 82.2 cm³/mol. The first kappa shape index (κ1) is 15.6. The smallest absolute Gasteiger partial charge is 0.272 e. The fourth-order valence-corrected chi connectivity index (χ4v) is 2.26. The Morgan fingerprint density at radius 1 is 1.19 bits per heavy atom. The van der Waals surface area contributed by atoms with E-state index in [1.807, 2.05) is 19.1 Å². The fourth-order valence-electron chi connectivity index (χ4n) is 1.71. The van der Waals surface area contributed by atoms with Crippen LogP contribution in [0.3, 0.4) is 0 Å². The molecule has 0 saturated heterocycles. The Bertz CT molecular complexity index is 649.